The van der Waals surface area contributed by atoms with Crippen molar-refractivity contribution in [1.82, 2.24) is 10.2 Å². The standard InChI is InChI=1S/C18H17N3O3S/c1-12-7-3-5-9-14(12)24-11-16(22)19-18-21-20-17(25-18)13-8-4-6-10-15(13)23-2/h3-10H,11H2,1-2H3,(H,19,21,22). The fourth-order valence-electron chi connectivity index (χ4n) is 2.22. The summed E-state index contributed by atoms with van der Waals surface area (Å²) in [5, 5.41) is 11.9. The quantitative estimate of drug-likeness (QED) is 0.732. The minimum Gasteiger partial charge on any atom is -0.496 e. The number of aromatic nitrogens is 2. The molecular weight excluding hydrogens is 338 g/mol. The average Bonchev–Trinajstić information content (AvgIpc) is 3.09. The Hall–Kier alpha value is -2.93. The van der Waals surface area contributed by atoms with E-state index in [-0.39, 0.29) is 12.5 Å². The van der Waals surface area contributed by atoms with Crippen molar-refractivity contribution in [3.05, 3.63) is 54.1 Å². The van der Waals surface area contributed by atoms with Crippen LogP contribution in [0.25, 0.3) is 10.6 Å². The number of aryl methyl sites for hydroxylation is 1. The van der Waals surface area contributed by atoms with Crippen LogP contribution in [0, 0.1) is 6.92 Å². The zero-order chi connectivity index (χ0) is 17.6. The minimum absolute atomic E-state index is 0.0889. The number of methoxy groups -OCH3 is 1. The van der Waals surface area contributed by atoms with Crippen molar-refractivity contribution >= 4 is 22.4 Å². The van der Waals surface area contributed by atoms with Crippen LogP contribution in [0.5, 0.6) is 11.5 Å². The molecule has 128 valence electrons. The van der Waals surface area contributed by atoms with Gasteiger partial charge in [0.1, 0.15) is 11.5 Å². The molecule has 0 radical (unpaired) electrons. The van der Waals surface area contributed by atoms with Crippen LogP contribution in [0.3, 0.4) is 0 Å². The van der Waals surface area contributed by atoms with Gasteiger partial charge in [0, 0.05) is 0 Å². The van der Waals surface area contributed by atoms with Crippen molar-refractivity contribution in [2.75, 3.05) is 19.0 Å². The van der Waals surface area contributed by atoms with Crippen LogP contribution in [0.4, 0.5) is 5.13 Å². The summed E-state index contributed by atoms with van der Waals surface area (Å²) >= 11 is 1.28. The smallest absolute Gasteiger partial charge is 0.264 e. The van der Waals surface area contributed by atoms with Crippen LogP contribution in [0.2, 0.25) is 0 Å². The Morgan fingerprint density at radius 2 is 1.80 bits per heavy atom. The number of rotatable bonds is 6. The lowest BCUT2D eigenvalue weighted by atomic mass is 10.2. The van der Waals surface area contributed by atoms with E-state index in [0.29, 0.717) is 21.6 Å². The third kappa shape index (κ3) is 4.13. The van der Waals surface area contributed by atoms with Crippen LogP contribution < -0.4 is 14.8 Å². The maximum Gasteiger partial charge on any atom is 0.264 e. The van der Waals surface area contributed by atoms with E-state index in [9.17, 15) is 4.79 Å². The molecule has 0 spiro atoms. The number of hydrogen-bond acceptors (Lipinski definition) is 6. The third-order valence-corrected chi connectivity index (χ3v) is 4.33. The van der Waals surface area contributed by atoms with E-state index in [0.717, 1.165) is 11.1 Å². The molecule has 1 aromatic heterocycles. The Morgan fingerprint density at radius 1 is 1.08 bits per heavy atom. The summed E-state index contributed by atoms with van der Waals surface area (Å²) in [6, 6.07) is 15.1. The van der Waals surface area contributed by atoms with Gasteiger partial charge in [0.05, 0.1) is 12.7 Å². The SMILES string of the molecule is COc1ccccc1-c1nnc(NC(=O)COc2ccccc2C)s1. The fourth-order valence-corrected chi connectivity index (χ4v) is 3.01. The van der Waals surface area contributed by atoms with Crippen molar-refractivity contribution in [1.29, 1.82) is 0 Å². The monoisotopic (exact) mass is 355 g/mol. The second kappa shape index (κ2) is 7.76. The summed E-state index contributed by atoms with van der Waals surface area (Å²) in [5.74, 6) is 1.11. The number of amides is 1. The molecule has 0 aliphatic heterocycles. The highest BCUT2D eigenvalue weighted by Crippen LogP contribution is 2.33. The number of nitrogens with zero attached hydrogens (tertiary/aromatic N) is 2. The average molecular weight is 355 g/mol. The van der Waals surface area contributed by atoms with E-state index in [1.54, 1.807) is 7.11 Å². The van der Waals surface area contributed by atoms with Gasteiger partial charge < -0.3 is 9.47 Å². The second-order valence-corrected chi connectivity index (χ2v) is 6.19. The lowest BCUT2D eigenvalue weighted by Crippen LogP contribution is -2.20. The van der Waals surface area contributed by atoms with Gasteiger partial charge in [-0.1, -0.05) is 41.7 Å². The van der Waals surface area contributed by atoms with Gasteiger partial charge in [-0.25, -0.2) is 0 Å². The van der Waals surface area contributed by atoms with Crippen molar-refractivity contribution in [3.8, 4) is 22.1 Å². The van der Waals surface area contributed by atoms with Gasteiger partial charge in [-0.15, -0.1) is 10.2 Å². The Labute approximate surface area is 149 Å². The maximum absolute atomic E-state index is 12.0. The van der Waals surface area contributed by atoms with Crippen molar-refractivity contribution in [2.24, 2.45) is 0 Å². The summed E-state index contributed by atoms with van der Waals surface area (Å²) < 4.78 is 10.8. The zero-order valence-corrected chi connectivity index (χ0v) is 14.7. The summed E-state index contributed by atoms with van der Waals surface area (Å²) in [5.41, 5.74) is 1.81. The first-order valence-corrected chi connectivity index (χ1v) is 8.44. The molecule has 7 heteroatoms. The van der Waals surface area contributed by atoms with E-state index in [1.807, 2.05) is 55.5 Å². The molecule has 0 aliphatic carbocycles. The van der Waals surface area contributed by atoms with Crippen LogP contribution in [0.15, 0.2) is 48.5 Å². The molecule has 0 aliphatic rings. The number of benzene rings is 2. The largest absolute Gasteiger partial charge is 0.496 e. The molecule has 3 aromatic rings. The number of hydrogen-bond donors (Lipinski definition) is 1. The van der Waals surface area contributed by atoms with Gasteiger partial charge in [-0.2, -0.15) is 0 Å². The Balaban J connectivity index is 1.63. The molecule has 0 fully saturated rings. The molecule has 1 heterocycles. The van der Waals surface area contributed by atoms with Crippen LogP contribution in [0.1, 0.15) is 5.56 Å². The van der Waals surface area contributed by atoms with Gasteiger partial charge in [0.25, 0.3) is 5.91 Å². The van der Waals surface area contributed by atoms with E-state index in [1.165, 1.54) is 11.3 Å². The van der Waals surface area contributed by atoms with E-state index < -0.39 is 0 Å². The maximum atomic E-state index is 12.0. The van der Waals surface area contributed by atoms with E-state index >= 15 is 0 Å². The molecule has 25 heavy (non-hydrogen) atoms. The number of ether oxygens (including phenoxy) is 2. The highest BCUT2D eigenvalue weighted by atomic mass is 32.1. The molecule has 6 nitrogen and oxygen atoms in total. The molecule has 1 N–H and O–H groups in total. The summed E-state index contributed by atoms with van der Waals surface area (Å²) in [6.07, 6.45) is 0. The number of carbonyl (C=O) groups excluding carboxylic acids is 1. The van der Waals surface area contributed by atoms with Crippen molar-refractivity contribution < 1.29 is 14.3 Å². The number of nitrogens with one attached hydrogen (secondary N) is 1. The third-order valence-electron chi connectivity index (χ3n) is 3.46. The summed E-state index contributed by atoms with van der Waals surface area (Å²) in [6.45, 7) is 1.84. The predicted octanol–water partition coefficient (Wildman–Crippen LogP) is 3.54. The van der Waals surface area contributed by atoms with Gasteiger partial charge in [0.15, 0.2) is 11.6 Å². The summed E-state index contributed by atoms with van der Waals surface area (Å²) in [7, 11) is 1.60. The van der Waals surface area contributed by atoms with Gasteiger partial charge in [0.2, 0.25) is 5.13 Å². The Bertz CT molecular complexity index is 879. The zero-order valence-electron chi connectivity index (χ0n) is 13.9. The molecule has 0 saturated carbocycles. The van der Waals surface area contributed by atoms with E-state index in [2.05, 4.69) is 15.5 Å². The van der Waals surface area contributed by atoms with Gasteiger partial charge >= 0.3 is 0 Å². The molecule has 1 amide bonds. The number of carbonyl (C=O) groups is 1. The molecule has 0 unspecified atom stereocenters. The number of para-hydroxylation sites is 2. The Morgan fingerprint density at radius 3 is 2.56 bits per heavy atom. The van der Waals surface area contributed by atoms with E-state index in [4.69, 9.17) is 9.47 Å². The second-order valence-electron chi connectivity index (χ2n) is 5.21. The lowest BCUT2D eigenvalue weighted by molar-refractivity contribution is -0.118. The van der Waals surface area contributed by atoms with Crippen LogP contribution in [-0.4, -0.2) is 29.8 Å². The summed E-state index contributed by atoms with van der Waals surface area (Å²) in [4.78, 5) is 12.0. The van der Waals surface area contributed by atoms with Gasteiger partial charge in [-0.05, 0) is 30.7 Å². The molecule has 0 saturated heterocycles. The first-order chi connectivity index (χ1) is 12.2. The highest BCUT2D eigenvalue weighted by molar-refractivity contribution is 7.18. The van der Waals surface area contributed by atoms with Crippen LogP contribution in [-0.2, 0) is 4.79 Å². The lowest BCUT2D eigenvalue weighted by Gasteiger charge is -2.07. The highest BCUT2D eigenvalue weighted by Gasteiger charge is 2.13. The van der Waals surface area contributed by atoms with Gasteiger partial charge in [-0.3, -0.25) is 10.1 Å². The molecule has 2 aromatic carbocycles. The topological polar surface area (TPSA) is 73.3 Å². The first-order valence-electron chi connectivity index (χ1n) is 7.62. The number of anilines is 1. The van der Waals surface area contributed by atoms with Crippen molar-refractivity contribution in [2.45, 2.75) is 6.92 Å². The van der Waals surface area contributed by atoms with Crippen molar-refractivity contribution in [3.63, 3.8) is 0 Å². The fraction of sp³-hybridized carbons (Fsp3) is 0.167. The minimum atomic E-state index is -0.286. The first kappa shape index (κ1) is 16.9. The Kier molecular flexibility index (Phi) is 5.25. The predicted molar refractivity (Wildman–Crippen MR) is 97.2 cm³/mol. The molecular formula is C18H17N3O3S. The normalized spacial score (nSPS) is 10.3. The van der Waals surface area contributed by atoms with Crippen LogP contribution >= 0.6 is 11.3 Å². The molecule has 0 atom stereocenters. The molecule has 0 bridgehead atoms. The molecule has 3 rings (SSSR count).